The molecule has 0 amide bonds. The maximum absolute atomic E-state index is 12.5. The molecule has 21 heavy (non-hydrogen) atoms. The zero-order valence-electron chi connectivity index (χ0n) is 11.1. The minimum atomic E-state index is -0.0293. The molecule has 0 aliphatic heterocycles. The molecule has 5 nitrogen and oxygen atoms in total. The number of para-hydroxylation sites is 1. The highest BCUT2D eigenvalue weighted by atomic mass is 32.1. The van der Waals surface area contributed by atoms with Crippen LogP contribution in [-0.2, 0) is 6.42 Å². The molecule has 1 aromatic carbocycles. The molecule has 0 bridgehead atoms. The summed E-state index contributed by atoms with van der Waals surface area (Å²) in [4.78, 5) is 17.5. The number of aromatic nitrogens is 2. The Hall–Kier alpha value is -2.47. The van der Waals surface area contributed by atoms with Gasteiger partial charge in [0.25, 0.3) is 5.89 Å². The first-order valence-electron chi connectivity index (χ1n) is 6.54. The minimum Gasteiger partial charge on any atom is -0.455 e. The van der Waals surface area contributed by atoms with E-state index in [2.05, 4.69) is 10.1 Å². The van der Waals surface area contributed by atoms with Gasteiger partial charge in [-0.05, 0) is 12.1 Å². The quantitative estimate of drug-likeness (QED) is 0.565. The number of fused-ring (bicyclic) bond motifs is 2. The summed E-state index contributed by atoms with van der Waals surface area (Å²) in [5.41, 5.74) is 1.10. The topological polar surface area (TPSA) is 69.1 Å². The predicted molar refractivity (Wildman–Crippen MR) is 80.5 cm³/mol. The molecule has 0 radical (unpaired) electrons. The molecular formula is C15H10N2O3S. The van der Waals surface area contributed by atoms with Crippen molar-refractivity contribution in [1.82, 2.24) is 10.1 Å². The Labute approximate surface area is 122 Å². The van der Waals surface area contributed by atoms with Crippen LogP contribution in [0.1, 0.15) is 12.7 Å². The molecule has 0 spiro atoms. The van der Waals surface area contributed by atoms with Gasteiger partial charge in [0, 0.05) is 12.5 Å². The molecule has 0 unspecified atom stereocenters. The molecule has 3 aromatic heterocycles. The van der Waals surface area contributed by atoms with Gasteiger partial charge < -0.3 is 8.94 Å². The van der Waals surface area contributed by atoms with Gasteiger partial charge in [-0.15, -0.1) is 11.3 Å². The first-order chi connectivity index (χ1) is 10.3. The Bertz CT molecular complexity index is 1010. The molecule has 0 saturated carbocycles. The van der Waals surface area contributed by atoms with Crippen LogP contribution in [0.25, 0.3) is 32.0 Å². The van der Waals surface area contributed by atoms with E-state index in [1.807, 2.05) is 19.1 Å². The smallest absolute Gasteiger partial charge is 0.268 e. The van der Waals surface area contributed by atoms with Gasteiger partial charge in [-0.25, -0.2) is 0 Å². The molecule has 4 aromatic rings. The van der Waals surface area contributed by atoms with Crippen molar-refractivity contribution in [1.29, 1.82) is 0 Å². The van der Waals surface area contributed by atoms with Gasteiger partial charge in [0.05, 0.1) is 10.3 Å². The van der Waals surface area contributed by atoms with Crippen LogP contribution < -0.4 is 5.43 Å². The summed E-state index contributed by atoms with van der Waals surface area (Å²) in [5, 5.41) is 4.45. The monoisotopic (exact) mass is 298 g/mol. The number of aryl methyl sites for hydroxylation is 1. The van der Waals surface area contributed by atoms with E-state index in [1.54, 1.807) is 18.2 Å². The van der Waals surface area contributed by atoms with Crippen molar-refractivity contribution in [2.75, 3.05) is 0 Å². The fraction of sp³-hybridized carbons (Fsp3) is 0.133. The van der Waals surface area contributed by atoms with Crippen molar-refractivity contribution < 1.29 is 8.94 Å². The van der Waals surface area contributed by atoms with Gasteiger partial charge in [0.2, 0.25) is 5.43 Å². The Morgan fingerprint density at radius 2 is 2.10 bits per heavy atom. The standard InChI is InChI=1S/C15H10N2O3S/c1-2-12-16-15(20-17-12)11-7-10-14(21-11)13(18)8-5-3-4-6-9(8)19-10/h3-7H,2H2,1H3. The third kappa shape index (κ3) is 1.87. The van der Waals surface area contributed by atoms with Crippen LogP contribution in [0, 0.1) is 0 Å². The highest BCUT2D eigenvalue weighted by molar-refractivity contribution is 7.22. The van der Waals surface area contributed by atoms with Crippen molar-refractivity contribution in [3.05, 3.63) is 46.4 Å². The molecule has 104 valence electrons. The number of benzene rings is 1. The number of hydrogen-bond acceptors (Lipinski definition) is 6. The molecule has 0 saturated heterocycles. The normalized spacial score (nSPS) is 11.5. The third-order valence-corrected chi connectivity index (χ3v) is 4.35. The zero-order valence-corrected chi connectivity index (χ0v) is 11.9. The fourth-order valence-corrected chi connectivity index (χ4v) is 3.16. The van der Waals surface area contributed by atoms with Crippen molar-refractivity contribution in [3.8, 4) is 10.8 Å². The maximum Gasteiger partial charge on any atom is 0.268 e. The number of thiophene rings is 1. The van der Waals surface area contributed by atoms with Crippen LogP contribution in [0.3, 0.4) is 0 Å². The van der Waals surface area contributed by atoms with E-state index in [4.69, 9.17) is 8.94 Å². The average Bonchev–Trinajstić information content (AvgIpc) is 3.13. The number of hydrogen-bond donors (Lipinski definition) is 0. The maximum atomic E-state index is 12.5. The van der Waals surface area contributed by atoms with Gasteiger partial charge in [-0.3, -0.25) is 4.79 Å². The fourth-order valence-electron chi connectivity index (χ4n) is 2.20. The molecule has 4 rings (SSSR count). The van der Waals surface area contributed by atoms with Gasteiger partial charge in [0.1, 0.15) is 15.9 Å². The highest BCUT2D eigenvalue weighted by Crippen LogP contribution is 2.32. The van der Waals surface area contributed by atoms with Gasteiger partial charge in [-0.1, -0.05) is 24.2 Å². The van der Waals surface area contributed by atoms with E-state index >= 15 is 0 Å². The van der Waals surface area contributed by atoms with E-state index in [9.17, 15) is 4.79 Å². The minimum absolute atomic E-state index is 0.0293. The molecule has 0 atom stereocenters. The van der Waals surface area contributed by atoms with Crippen molar-refractivity contribution in [2.24, 2.45) is 0 Å². The summed E-state index contributed by atoms with van der Waals surface area (Å²) in [6, 6.07) is 9.00. The average molecular weight is 298 g/mol. The molecule has 0 aliphatic carbocycles. The SMILES string of the molecule is CCc1noc(-c2cc3oc4ccccc4c(=O)c3s2)n1. The Morgan fingerprint density at radius 1 is 1.24 bits per heavy atom. The van der Waals surface area contributed by atoms with Crippen LogP contribution in [0.15, 0.2) is 44.1 Å². The van der Waals surface area contributed by atoms with Crippen LogP contribution in [0.4, 0.5) is 0 Å². The number of nitrogens with zero attached hydrogens (tertiary/aromatic N) is 2. The summed E-state index contributed by atoms with van der Waals surface area (Å²) in [5.74, 6) is 1.07. The summed E-state index contributed by atoms with van der Waals surface area (Å²) in [6.45, 7) is 1.96. The summed E-state index contributed by atoms with van der Waals surface area (Å²) in [6.07, 6.45) is 0.704. The molecule has 0 fully saturated rings. The summed E-state index contributed by atoms with van der Waals surface area (Å²) >= 11 is 1.31. The molecule has 0 aliphatic rings. The Morgan fingerprint density at radius 3 is 2.90 bits per heavy atom. The third-order valence-electron chi connectivity index (χ3n) is 3.25. The predicted octanol–water partition coefficient (Wildman–Crippen LogP) is 3.62. The second kappa shape index (κ2) is 4.53. The van der Waals surface area contributed by atoms with E-state index in [1.165, 1.54) is 11.3 Å². The van der Waals surface area contributed by atoms with Gasteiger partial charge >= 0.3 is 0 Å². The van der Waals surface area contributed by atoms with E-state index in [0.29, 0.717) is 39.4 Å². The van der Waals surface area contributed by atoms with Crippen molar-refractivity contribution >= 4 is 32.6 Å². The molecule has 6 heteroatoms. The van der Waals surface area contributed by atoms with E-state index in [0.717, 1.165) is 4.88 Å². The second-order valence-electron chi connectivity index (χ2n) is 4.60. The first-order valence-corrected chi connectivity index (χ1v) is 7.36. The van der Waals surface area contributed by atoms with E-state index in [-0.39, 0.29) is 5.43 Å². The molecule has 0 N–H and O–H groups in total. The highest BCUT2D eigenvalue weighted by Gasteiger charge is 2.16. The Kier molecular flexibility index (Phi) is 2.65. The van der Waals surface area contributed by atoms with Crippen LogP contribution in [0.5, 0.6) is 0 Å². The van der Waals surface area contributed by atoms with Gasteiger partial charge in [-0.2, -0.15) is 4.98 Å². The lowest BCUT2D eigenvalue weighted by Gasteiger charge is -1.95. The lowest BCUT2D eigenvalue weighted by Crippen LogP contribution is -1.98. The van der Waals surface area contributed by atoms with Crippen LogP contribution in [-0.4, -0.2) is 10.1 Å². The summed E-state index contributed by atoms with van der Waals surface area (Å²) in [7, 11) is 0. The lowest BCUT2D eigenvalue weighted by molar-refractivity contribution is 0.424. The number of rotatable bonds is 2. The molecular weight excluding hydrogens is 288 g/mol. The second-order valence-corrected chi connectivity index (χ2v) is 5.65. The van der Waals surface area contributed by atoms with Crippen molar-refractivity contribution in [3.63, 3.8) is 0 Å². The van der Waals surface area contributed by atoms with Crippen LogP contribution >= 0.6 is 11.3 Å². The molecule has 3 heterocycles. The van der Waals surface area contributed by atoms with Gasteiger partial charge in [0.15, 0.2) is 5.82 Å². The lowest BCUT2D eigenvalue weighted by atomic mass is 10.2. The Balaban J connectivity index is 1.99. The van der Waals surface area contributed by atoms with E-state index < -0.39 is 0 Å². The van der Waals surface area contributed by atoms with Crippen molar-refractivity contribution in [2.45, 2.75) is 13.3 Å². The summed E-state index contributed by atoms with van der Waals surface area (Å²) < 4.78 is 11.6. The van der Waals surface area contributed by atoms with Crippen LogP contribution in [0.2, 0.25) is 0 Å². The first kappa shape index (κ1) is 12.3. The largest absolute Gasteiger partial charge is 0.455 e. The zero-order chi connectivity index (χ0) is 14.4.